The molecule has 2 saturated heterocycles. The number of amides is 1. The fourth-order valence-corrected chi connectivity index (χ4v) is 7.74. The number of quaternary nitrogens is 1. The van der Waals surface area contributed by atoms with E-state index in [-0.39, 0.29) is 34.6 Å². The summed E-state index contributed by atoms with van der Waals surface area (Å²) in [7, 11) is 0. The molecule has 8 nitrogen and oxygen atoms in total. The van der Waals surface area contributed by atoms with Gasteiger partial charge in [0.15, 0.2) is 6.17 Å². The second kappa shape index (κ2) is 11.4. The summed E-state index contributed by atoms with van der Waals surface area (Å²) in [6.07, 6.45) is 4.76. The van der Waals surface area contributed by atoms with Crippen LogP contribution in [-0.4, -0.2) is 50.8 Å². The van der Waals surface area contributed by atoms with E-state index in [0.717, 1.165) is 42.4 Å². The molecule has 2 aliphatic heterocycles. The second-order valence-corrected chi connectivity index (χ2v) is 11.9. The first-order valence-electron chi connectivity index (χ1n) is 14.9. The quantitative estimate of drug-likeness (QED) is 0.180. The maximum Gasteiger partial charge on any atom is 0.378 e. The summed E-state index contributed by atoms with van der Waals surface area (Å²) in [5.41, 5.74) is 5.73. The Morgan fingerprint density at radius 2 is 1.64 bits per heavy atom. The molecule has 2 heterocycles. The average molecular weight is 570 g/mol. The molecule has 3 aliphatic rings. The largest absolute Gasteiger partial charge is 0.481 e. The lowest BCUT2D eigenvalue weighted by Gasteiger charge is -2.37. The smallest absolute Gasteiger partial charge is 0.378 e. The Bertz CT molecular complexity index is 1480. The Kier molecular flexibility index (Phi) is 7.70. The molecule has 3 aromatic rings. The molecule has 8 heteroatoms. The van der Waals surface area contributed by atoms with Crippen LogP contribution in [0.5, 0.6) is 0 Å². The summed E-state index contributed by atoms with van der Waals surface area (Å²) in [5.74, 6) is -2.61. The van der Waals surface area contributed by atoms with Gasteiger partial charge in [-0.1, -0.05) is 72.8 Å². The number of nitrogens with one attached hydrogen (secondary N) is 1. The highest BCUT2D eigenvalue weighted by Crippen LogP contribution is 2.61. The number of hydrogen-bond acceptors (Lipinski definition) is 5. The number of aromatic carboxylic acids is 1. The van der Waals surface area contributed by atoms with Gasteiger partial charge in [0.05, 0.1) is 18.7 Å². The molecule has 218 valence electrons. The van der Waals surface area contributed by atoms with E-state index in [4.69, 9.17) is 4.84 Å². The van der Waals surface area contributed by atoms with E-state index in [9.17, 15) is 24.6 Å². The van der Waals surface area contributed by atoms with Crippen molar-refractivity contribution >= 4 is 17.8 Å². The number of rotatable bonds is 8. The topological polar surface area (TPSA) is 113 Å². The molecule has 5 atom stereocenters. The summed E-state index contributed by atoms with van der Waals surface area (Å²) >= 11 is 0. The maximum absolute atomic E-state index is 14.0. The number of carboxylic acid groups (broad SMARTS) is 2. The molecule has 1 saturated carbocycles. The predicted molar refractivity (Wildman–Crippen MR) is 156 cm³/mol. The van der Waals surface area contributed by atoms with Crippen molar-refractivity contribution in [3.05, 3.63) is 95.6 Å². The van der Waals surface area contributed by atoms with Crippen LogP contribution in [0.3, 0.4) is 0 Å². The van der Waals surface area contributed by atoms with E-state index in [1.807, 2.05) is 66.7 Å². The van der Waals surface area contributed by atoms with Crippen LogP contribution in [0.1, 0.15) is 72.3 Å². The maximum atomic E-state index is 14.0. The third-order valence-corrected chi connectivity index (χ3v) is 9.85. The van der Waals surface area contributed by atoms with Gasteiger partial charge >= 0.3 is 17.8 Å². The molecule has 3 aromatic carbocycles. The molecule has 1 aliphatic carbocycles. The van der Waals surface area contributed by atoms with Crippen molar-refractivity contribution in [3.8, 4) is 11.1 Å². The van der Waals surface area contributed by atoms with Gasteiger partial charge in [0.25, 0.3) is 0 Å². The molecule has 1 amide bonds. The molecule has 0 bridgehead atoms. The van der Waals surface area contributed by atoms with Crippen molar-refractivity contribution < 1.29 is 33.9 Å². The zero-order chi connectivity index (χ0) is 29.3. The van der Waals surface area contributed by atoms with Crippen LogP contribution in [-0.2, 0) is 21.0 Å². The lowest BCUT2D eigenvalue weighted by molar-refractivity contribution is -0.835. The Morgan fingerprint density at radius 1 is 0.905 bits per heavy atom. The fraction of sp³-hybridized carbons (Fsp3) is 0.382. The number of carbonyl (C=O) groups excluding carboxylic acids is 1. The fourth-order valence-electron chi connectivity index (χ4n) is 7.74. The third-order valence-electron chi connectivity index (χ3n) is 9.85. The first kappa shape index (κ1) is 28.3. The average Bonchev–Trinajstić information content (AvgIpc) is 3.60. The van der Waals surface area contributed by atoms with Crippen LogP contribution in [0.2, 0.25) is 0 Å². The van der Waals surface area contributed by atoms with Crippen molar-refractivity contribution in [1.82, 2.24) is 5.48 Å². The standard InChI is InChI=1S/C34H36N2O6/c37-31(38)28-20-25(23-10-4-1-5-11-23)15-16-27(28)22-42-35-30-14-8-3-9-19-36(30)33(41)34(36)18-17-26(21-29(34)32(39)40)24-12-6-2-7-13-24/h1-2,4-7,10-13,15-16,20,26,29-30,35H,3,8-9,14,17-19,21-22H2,(H-,37,38,39,40)/p+1. The molecule has 6 rings (SSSR count). The number of carbonyl (C=O) groups is 3. The summed E-state index contributed by atoms with van der Waals surface area (Å²) in [5, 5.41) is 20.3. The highest BCUT2D eigenvalue weighted by atomic mass is 16.6. The van der Waals surface area contributed by atoms with Crippen LogP contribution in [0.15, 0.2) is 78.9 Å². The number of hydrogen-bond donors (Lipinski definition) is 3. The van der Waals surface area contributed by atoms with E-state index >= 15 is 0 Å². The van der Waals surface area contributed by atoms with Crippen molar-refractivity contribution in [2.75, 3.05) is 6.54 Å². The number of nitrogens with zero attached hydrogens (tertiary/aromatic N) is 1. The van der Waals surface area contributed by atoms with Gasteiger partial charge in [0.2, 0.25) is 5.54 Å². The Hall–Kier alpha value is -3.85. The molecule has 0 radical (unpaired) electrons. The van der Waals surface area contributed by atoms with Gasteiger partial charge in [-0.2, -0.15) is 0 Å². The number of fused-ring (bicyclic) bond motifs is 1. The third kappa shape index (κ3) is 4.73. The van der Waals surface area contributed by atoms with Gasteiger partial charge in [0, 0.05) is 12.8 Å². The number of aliphatic carboxylic acids is 1. The lowest BCUT2D eigenvalue weighted by atomic mass is 9.70. The minimum absolute atomic E-state index is 0.00264. The van der Waals surface area contributed by atoms with Gasteiger partial charge in [-0.3, -0.25) is 9.63 Å². The molecular formula is C34H37N2O6+. The molecule has 5 unspecified atom stereocenters. The summed E-state index contributed by atoms with van der Waals surface area (Å²) in [4.78, 5) is 44.8. The van der Waals surface area contributed by atoms with Crippen molar-refractivity contribution in [3.63, 3.8) is 0 Å². The Labute approximate surface area is 245 Å². The van der Waals surface area contributed by atoms with Crippen LogP contribution in [0.4, 0.5) is 0 Å². The number of benzene rings is 3. The van der Waals surface area contributed by atoms with Crippen molar-refractivity contribution in [1.29, 1.82) is 0 Å². The van der Waals surface area contributed by atoms with Crippen molar-refractivity contribution in [2.45, 2.75) is 69.2 Å². The van der Waals surface area contributed by atoms with E-state index in [0.29, 0.717) is 31.4 Å². The lowest BCUT2D eigenvalue weighted by Crippen LogP contribution is -2.56. The highest BCUT2D eigenvalue weighted by Gasteiger charge is 2.87. The van der Waals surface area contributed by atoms with E-state index in [1.165, 1.54) is 0 Å². The summed E-state index contributed by atoms with van der Waals surface area (Å²) < 4.78 is 0.101. The molecule has 3 fully saturated rings. The normalized spacial score (nSPS) is 28.9. The minimum Gasteiger partial charge on any atom is -0.481 e. The van der Waals surface area contributed by atoms with E-state index < -0.39 is 23.4 Å². The van der Waals surface area contributed by atoms with E-state index in [1.54, 1.807) is 12.1 Å². The SMILES string of the molecule is O=C(O)c1cc(-c2ccccc2)ccc1CONC1CCCCC[N+]12C(=O)C21CCC(c2ccccc2)CC1C(=O)O. The molecular weight excluding hydrogens is 532 g/mol. The summed E-state index contributed by atoms with van der Waals surface area (Å²) in [6.45, 7) is 0.596. The monoisotopic (exact) mass is 569 g/mol. The predicted octanol–water partition coefficient (Wildman–Crippen LogP) is 5.74. The van der Waals surface area contributed by atoms with Crippen LogP contribution in [0.25, 0.3) is 11.1 Å². The van der Waals surface area contributed by atoms with Crippen LogP contribution < -0.4 is 5.48 Å². The molecule has 3 N–H and O–H groups in total. The van der Waals surface area contributed by atoms with Crippen LogP contribution in [0, 0.1) is 5.92 Å². The van der Waals surface area contributed by atoms with Gasteiger partial charge in [-0.15, -0.1) is 5.48 Å². The number of carboxylic acids is 2. The van der Waals surface area contributed by atoms with Crippen LogP contribution >= 0.6 is 0 Å². The van der Waals surface area contributed by atoms with Gasteiger partial charge in [0.1, 0.15) is 5.92 Å². The highest BCUT2D eigenvalue weighted by molar-refractivity contribution is 5.97. The van der Waals surface area contributed by atoms with Gasteiger partial charge in [-0.25, -0.2) is 14.1 Å². The zero-order valence-electron chi connectivity index (χ0n) is 23.6. The zero-order valence-corrected chi connectivity index (χ0v) is 23.6. The van der Waals surface area contributed by atoms with Gasteiger partial charge in [-0.05, 0) is 66.3 Å². The number of hydroxylamine groups is 1. The van der Waals surface area contributed by atoms with Crippen molar-refractivity contribution in [2.24, 2.45) is 5.92 Å². The van der Waals surface area contributed by atoms with E-state index in [2.05, 4.69) is 5.48 Å². The Balaban J connectivity index is 1.22. The van der Waals surface area contributed by atoms with Gasteiger partial charge < -0.3 is 10.2 Å². The molecule has 42 heavy (non-hydrogen) atoms. The first-order chi connectivity index (χ1) is 20.4. The molecule has 0 aromatic heterocycles. The summed E-state index contributed by atoms with van der Waals surface area (Å²) in [6, 6.07) is 24.9. The Morgan fingerprint density at radius 3 is 2.36 bits per heavy atom. The molecule has 2 spiro atoms. The first-order valence-corrected chi connectivity index (χ1v) is 14.9. The second-order valence-electron chi connectivity index (χ2n) is 11.9. The minimum atomic E-state index is -1.04.